The Bertz CT molecular complexity index is 826. The van der Waals surface area contributed by atoms with Gasteiger partial charge in [-0.2, -0.15) is 0 Å². The van der Waals surface area contributed by atoms with Crippen LogP contribution in [0.4, 0.5) is 0 Å². The smallest absolute Gasteiger partial charge is 0.0924 e. The first-order chi connectivity index (χ1) is 12.9. The van der Waals surface area contributed by atoms with Crippen molar-refractivity contribution in [3.63, 3.8) is 0 Å². The number of benzene rings is 2. The Kier molecular flexibility index (Phi) is 3.99. The quantitative estimate of drug-likeness (QED) is 0.636. The molecular weight excluding hydrogens is 328 g/mol. The number of aliphatic hydroxyl groups is 1. The summed E-state index contributed by atoms with van der Waals surface area (Å²) in [7, 11) is 0. The normalized spacial score (nSPS) is 35.3. The van der Waals surface area contributed by atoms with Crippen molar-refractivity contribution in [1.29, 1.82) is 0 Å². The number of hydrogen-bond donors (Lipinski definition) is 1. The summed E-state index contributed by atoms with van der Waals surface area (Å²) in [5.41, 5.74) is 1.94. The largest absolute Gasteiger partial charge is 0.385 e. The second kappa shape index (κ2) is 6.08. The van der Waals surface area contributed by atoms with Crippen LogP contribution in [0.25, 0.3) is 10.8 Å². The topological polar surface area (TPSA) is 20.2 Å². The van der Waals surface area contributed by atoms with E-state index in [1.807, 2.05) is 0 Å². The van der Waals surface area contributed by atoms with E-state index < -0.39 is 5.60 Å². The zero-order valence-electron chi connectivity index (χ0n) is 17.2. The fraction of sp³-hybridized carbons (Fsp3) is 0.615. The molecule has 4 aliphatic rings. The van der Waals surface area contributed by atoms with E-state index in [2.05, 4.69) is 57.2 Å². The molecule has 144 valence electrons. The van der Waals surface area contributed by atoms with Crippen LogP contribution in [0.1, 0.15) is 82.8 Å². The summed E-state index contributed by atoms with van der Waals surface area (Å²) in [4.78, 5) is 0. The molecule has 2 aromatic rings. The Morgan fingerprint density at radius 3 is 2.11 bits per heavy atom. The fourth-order valence-corrected chi connectivity index (χ4v) is 7.12. The van der Waals surface area contributed by atoms with Gasteiger partial charge in [0.05, 0.1) is 5.60 Å². The van der Waals surface area contributed by atoms with Gasteiger partial charge in [-0.3, -0.25) is 0 Å². The van der Waals surface area contributed by atoms with Crippen molar-refractivity contribution in [3.8, 4) is 0 Å². The van der Waals surface area contributed by atoms with Crippen LogP contribution in [-0.2, 0) is 5.60 Å². The average molecular weight is 363 g/mol. The summed E-state index contributed by atoms with van der Waals surface area (Å²) in [6, 6.07) is 13.6. The molecule has 6 rings (SSSR count). The van der Waals surface area contributed by atoms with Crippen molar-refractivity contribution in [1.82, 2.24) is 0 Å². The van der Waals surface area contributed by atoms with E-state index in [4.69, 9.17) is 0 Å². The monoisotopic (exact) mass is 362 g/mol. The molecule has 0 spiro atoms. The van der Waals surface area contributed by atoms with Crippen LogP contribution in [0.2, 0.25) is 0 Å². The van der Waals surface area contributed by atoms with Gasteiger partial charge in [0.15, 0.2) is 0 Å². The summed E-state index contributed by atoms with van der Waals surface area (Å²) in [5, 5.41) is 14.5. The molecule has 4 saturated carbocycles. The standard InChI is InChI=1S/C26H34O/c1-4-17(2)21-5-6-23-13-24(8-7-22(23)12-21)25(3,27)26-14-18-9-19(15-26)11-20(10-18)16-26/h5-8,12-13,17-20,27H,4,9-11,14-16H2,1-3H3. The summed E-state index contributed by atoms with van der Waals surface area (Å²) in [6.07, 6.45) is 9.14. The van der Waals surface area contributed by atoms with E-state index >= 15 is 0 Å². The van der Waals surface area contributed by atoms with Gasteiger partial charge in [0, 0.05) is 5.41 Å². The van der Waals surface area contributed by atoms with Crippen LogP contribution in [0.15, 0.2) is 36.4 Å². The molecule has 4 fully saturated rings. The minimum absolute atomic E-state index is 0.103. The average Bonchev–Trinajstić information content (AvgIpc) is 2.65. The molecule has 0 amide bonds. The van der Waals surface area contributed by atoms with Crippen LogP contribution < -0.4 is 0 Å². The number of rotatable bonds is 4. The fourth-order valence-electron chi connectivity index (χ4n) is 7.12. The van der Waals surface area contributed by atoms with Gasteiger partial charge in [0.2, 0.25) is 0 Å². The predicted molar refractivity (Wildman–Crippen MR) is 113 cm³/mol. The van der Waals surface area contributed by atoms with Gasteiger partial charge in [0.1, 0.15) is 0 Å². The van der Waals surface area contributed by atoms with Gasteiger partial charge < -0.3 is 5.11 Å². The highest BCUT2D eigenvalue weighted by Gasteiger charge is 2.58. The third kappa shape index (κ3) is 2.69. The van der Waals surface area contributed by atoms with Crippen LogP contribution in [-0.4, -0.2) is 5.11 Å². The second-order valence-electron chi connectivity index (χ2n) is 10.4. The third-order valence-corrected chi connectivity index (χ3v) is 8.68. The lowest BCUT2D eigenvalue weighted by Crippen LogP contribution is -2.55. The van der Waals surface area contributed by atoms with E-state index in [1.54, 1.807) is 0 Å². The van der Waals surface area contributed by atoms with E-state index in [0.717, 1.165) is 23.3 Å². The van der Waals surface area contributed by atoms with Crippen LogP contribution in [0.3, 0.4) is 0 Å². The van der Waals surface area contributed by atoms with Crippen molar-refractivity contribution in [2.45, 2.75) is 77.2 Å². The predicted octanol–water partition coefficient (Wildman–Crippen LogP) is 6.78. The number of fused-ring (bicyclic) bond motifs is 1. The Labute approximate surface area is 164 Å². The van der Waals surface area contributed by atoms with Crippen LogP contribution in [0, 0.1) is 23.2 Å². The molecule has 0 saturated heterocycles. The zero-order chi connectivity index (χ0) is 18.8. The maximum atomic E-state index is 11.9. The molecule has 1 N–H and O–H groups in total. The lowest BCUT2D eigenvalue weighted by molar-refractivity contribution is -0.176. The lowest BCUT2D eigenvalue weighted by Gasteiger charge is -2.61. The van der Waals surface area contributed by atoms with E-state index in [0.29, 0.717) is 5.92 Å². The van der Waals surface area contributed by atoms with Gasteiger partial charge in [-0.25, -0.2) is 0 Å². The third-order valence-electron chi connectivity index (χ3n) is 8.68. The van der Waals surface area contributed by atoms with Gasteiger partial charge in [-0.15, -0.1) is 0 Å². The first kappa shape index (κ1) is 17.7. The molecule has 0 radical (unpaired) electrons. The molecule has 1 nitrogen and oxygen atoms in total. The molecule has 4 bridgehead atoms. The summed E-state index contributed by atoms with van der Waals surface area (Å²) >= 11 is 0. The van der Waals surface area contributed by atoms with Crippen molar-refractivity contribution in [2.24, 2.45) is 23.2 Å². The van der Waals surface area contributed by atoms with Crippen LogP contribution >= 0.6 is 0 Å². The number of hydrogen-bond acceptors (Lipinski definition) is 1. The molecule has 4 aliphatic carbocycles. The first-order valence-corrected chi connectivity index (χ1v) is 11.2. The van der Waals surface area contributed by atoms with Gasteiger partial charge in [0.25, 0.3) is 0 Å². The van der Waals surface area contributed by atoms with Gasteiger partial charge in [-0.1, -0.05) is 44.2 Å². The summed E-state index contributed by atoms with van der Waals surface area (Å²) in [5.74, 6) is 3.19. The van der Waals surface area contributed by atoms with E-state index in [9.17, 15) is 5.11 Å². The van der Waals surface area contributed by atoms with Crippen molar-refractivity contribution in [3.05, 3.63) is 47.5 Å². The molecule has 2 unspecified atom stereocenters. The molecule has 0 aromatic heterocycles. The van der Waals surface area contributed by atoms with Crippen molar-refractivity contribution < 1.29 is 5.11 Å². The Balaban J connectivity index is 1.52. The second-order valence-corrected chi connectivity index (χ2v) is 10.4. The highest BCUT2D eigenvalue weighted by Crippen LogP contribution is 2.65. The zero-order valence-corrected chi connectivity index (χ0v) is 17.2. The molecule has 0 aliphatic heterocycles. The molecule has 0 heterocycles. The Morgan fingerprint density at radius 1 is 0.963 bits per heavy atom. The first-order valence-electron chi connectivity index (χ1n) is 11.2. The van der Waals surface area contributed by atoms with E-state index in [-0.39, 0.29) is 5.41 Å². The highest BCUT2D eigenvalue weighted by atomic mass is 16.3. The molecular formula is C26H34O. The maximum absolute atomic E-state index is 11.9. The molecule has 2 atom stereocenters. The molecule has 27 heavy (non-hydrogen) atoms. The lowest BCUT2D eigenvalue weighted by atomic mass is 9.45. The van der Waals surface area contributed by atoms with E-state index in [1.165, 1.54) is 61.3 Å². The Morgan fingerprint density at radius 2 is 1.52 bits per heavy atom. The Hall–Kier alpha value is -1.34. The van der Waals surface area contributed by atoms with Gasteiger partial charge in [-0.05, 0) is 104 Å². The van der Waals surface area contributed by atoms with Crippen molar-refractivity contribution in [2.75, 3.05) is 0 Å². The summed E-state index contributed by atoms with van der Waals surface area (Å²) < 4.78 is 0. The molecule has 2 aromatic carbocycles. The summed E-state index contributed by atoms with van der Waals surface area (Å²) in [6.45, 7) is 6.67. The highest BCUT2D eigenvalue weighted by molar-refractivity contribution is 5.84. The van der Waals surface area contributed by atoms with Crippen molar-refractivity contribution >= 4 is 10.8 Å². The minimum Gasteiger partial charge on any atom is -0.385 e. The minimum atomic E-state index is -0.716. The maximum Gasteiger partial charge on any atom is 0.0924 e. The van der Waals surface area contributed by atoms with Crippen LogP contribution in [0.5, 0.6) is 0 Å². The molecule has 1 heteroatoms. The van der Waals surface area contributed by atoms with Gasteiger partial charge >= 0.3 is 0 Å². The SMILES string of the molecule is CCC(C)c1ccc2cc(C(C)(O)C34CC5CC(CC(C5)C3)C4)ccc2c1.